The van der Waals surface area contributed by atoms with Crippen LogP contribution in [0.2, 0.25) is 0 Å². The molecule has 5 atom stereocenters. The SMILES string of the molecule is CC(O)C(N)C(=O)NC(Cc1cnc[nH]1)C(=O)NC(CO)C(=O)NC(CO)C(=O)O. The molecule has 0 radical (unpaired) electrons. The molecule has 3 amide bonds. The number of carbonyl (C=O) groups is 4. The number of hydrogen-bond acceptors (Lipinski definition) is 9. The molecule has 0 fully saturated rings. The number of aliphatic hydroxyl groups is 3. The normalized spacial score (nSPS) is 15.9. The Morgan fingerprint density at radius 2 is 1.57 bits per heavy atom. The lowest BCUT2D eigenvalue weighted by molar-refractivity contribution is -0.143. The lowest BCUT2D eigenvalue weighted by Gasteiger charge is -2.24. The van der Waals surface area contributed by atoms with Crippen molar-refractivity contribution in [2.75, 3.05) is 13.2 Å². The van der Waals surface area contributed by atoms with Crippen molar-refractivity contribution < 1.29 is 39.6 Å². The average Bonchev–Trinajstić information content (AvgIpc) is 3.21. The number of hydrogen-bond donors (Lipinski definition) is 9. The number of H-pyrrole nitrogens is 1. The molecule has 0 saturated heterocycles. The number of nitrogens with one attached hydrogen (secondary N) is 4. The fourth-order valence-corrected chi connectivity index (χ4v) is 2.24. The van der Waals surface area contributed by atoms with E-state index in [1.165, 1.54) is 19.4 Å². The highest BCUT2D eigenvalue weighted by Gasteiger charge is 2.30. The quantitative estimate of drug-likeness (QED) is 0.153. The van der Waals surface area contributed by atoms with E-state index in [0.29, 0.717) is 5.69 Å². The van der Waals surface area contributed by atoms with Crippen molar-refractivity contribution in [2.45, 2.75) is 43.6 Å². The first-order valence-electron chi connectivity index (χ1n) is 8.87. The Labute approximate surface area is 170 Å². The van der Waals surface area contributed by atoms with Gasteiger partial charge in [0.2, 0.25) is 17.7 Å². The van der Waals surface area contributed by atoms with Crippen LogP contribution in [-0.4, -0.2) is 97.6 Å². The van der Waals surface area contributed by atoms with E-state index in [9.17, 15) is 29.4 Å². The van der Waals surface area contributed by atoms with E-state index in [1.807, 2.05) is 5.32 Å². The molecule has 0 aliphatic carbocycles. The van der Waals surface area contributed by atoms with Crippen molar-refractivity contribution in [1.29, 1.82) is 0 Å². The van der Waals surface area contributed by atoms with Crippen LogP contribution in [0.15, 0.2) is 12.5 Å². The predicted octanol–water partition coefficient (Wildman–Crippen LogP) is -4.82. The number of carbonyl (C=O) groups excluding carboxylic acids is 3. The number of amides is 3. The smallest absolute Gasteiger partial charge is 0.328 e. The molecule has 0 aliphatic rings. The van der Waals surface area contributed by atoms with Gasteiger partial charge < -0.3 is 47.1 Å². The Morgan fingerprint density at radius 3 is 2.03 bits per heavy atom. The Morgan fingerprint density at radius 1 is 1.03 bits per heavy atom. The molecule has 0 spiro atoms. The summed E-state index contributed by atoms with van der Waals surface area (Å²) in [5, 5.41) is 43.2. The molecule has 0 saturated carbocycles. The van der Waals surface area contributed by atoms with Gasteiger partial charge in [-0.15, -0.1) is 0 Å². The monoisotopic (exact) mass is 430 g/mol. The van der Waals surface area contributed by atoms with E-state index in [2.05, 4.69) is 20.6 Å². The van der Waals surface area contributed by atoms with Gasteiger partial charge in [-0.05, 0) is 6.92 Å². The topological polar surface area (TPSA) is 240 Å². The molecule has 0 aliphatic heterocycles. The van der Waals surface area contributed by atoms with E-state index in [1.54, 1.807) is 0 Å². The zero-order valence-corrected chi connectivity index (χ0v) is 16.1. The summed E-state index contributed by atoms with van der Waals surface area (Å²) in [6, 6.07) is -5.77. The third kappa shape index (κ3) is 7.40. The van der Waals surface area contributed by atoms with Gasteiger partial charge in [0.15, 0.2) is 0 Å². The molecular weight excluding hydrogens is 404 g/mol. The van der Waals surface area contributed by atoms with Gasteiger partial charge in [-0.3, -0.25) is 14.4 Å². The van der Waals surface area contributed by atoms with Crippen LogP contribution in [0, 0.1) is 0 Å². The lowest BCUT2D eigenvalue weighted by atomic mass is 10.1. The standard InChI is InChI=1S/C16H26N6O8/c1-7(25)12(17)15(28)20-9(2-8-3-18-6-19-8)13(26)21-10(4-23)14(27)22-11(5-24)16(29)30/h3,6-7,9-12,23-25H,2,4-5,17H2,1H3,(H,18,19)(H,20,28)(H,21,26)(H,22,27)(H,29,30). The van der Waals surface area contributed by atoms with Crippen LogP contribution < -0.4 is 21.7 Å². The molecule has 10 N–H and O–H groups in total. The molecule has 1 heterocycles. The third-order valence-corrected chi connectivity index (χ3v) is 4.05. The van der Waals surface area contributed by atoms with Crippen LogP contribution in [0.3, 0.4) is 0 Å². The molecule has 5 unspecified atom stereocenters. The molecule has 1 aromatic rings. The number of nitrogens with two attached hydrogens (primary N) is 1. The molecule has 0 aromatic carbocycles. The minimum atomic E-state index is -1.63. The highest BCUT2D eigenvalue weighted by molar-refractivity contribution is 5.94. The van der Waals surface area contributed by atoms with Crippen LogP contribution >= 0.6 is 0 Å². The molecule has 14 nitrogen and oxygen atoms in total. The van der Waals surface area contributed by atoms with Crippen LogP contribution in [0.25, 0.3) is 0 Å². The summed E-state index contributed by atoms with van der Waals surface area (Å²) in [5.74, 6) is -4.29. The first-order valence-corrected chi connectivity index (χ1v) is 8.87. The number of carboxylic acid groups (broad SMARTS) is 1. The van der Waals surface area contributed by atoms with Gasteiger partial charge in [0.25, 0.3) is 0 Å². The first kappa shape index (κ1) is 25.0. The molecule has 1 aromatic heterocycles. The summed E-state index contributed by atoms with van der Waals surface area (Å²) in [5.41, 5.74) is 6.01. The second-order valence-electron chi connectivity index (χ2n) is 6.43. The van der Waals surface area contributed by atoms with Gasteiger partial charge in [-0.1, -0.05) is 0 Å². The first-order chi connectivity index (χ1) is 14.1. The van der Waals surface area contributed by atoms with Crippen LogP contribution in [0.5, 0.6) is 0 Å². The van der Waals surface area contributed by atoms with Crippen molar-refractivity contribution >= 4 is 23.7 Å². The van der Waals surface area contributed by atoms with Gasteiger partial charge in [0.1, 0.15) is 24.2 Å². The van der Waals surface area contributed by atoms with Crippen LogP contribution in [0.4, 0.5) is 0 Å². The average molecular weight is 430 g/mol. The van der Waals surface area contributed by atoms with Gasteiger partial charge in [0.05, 0.1) is 25.6 Å². The minimum Gasteiger partial charge on any atom is -0.480 e. The molecular formula is C16H26N6O8. The Bertz CT molecular complexity index is 725. The van der Waals surface area contributed by atoms with Crippen molar-refractivity contribution in [1.82, 2.24) is 25.9 Å². The number of aromatic amines is 1. The largest absolute Gasteiger partial charge is 0.480 e. The van der Waals surface area contributed by atoms with Crippen molar-refractivity contribution in [3.05, 3.63) is 18.2 Å². The maximum Gasteiger partial charge on any atom is 0.328 e. The van der Waals surface area contributed by atoms with Crippen LogP contribution in [-0.2, 0) is 25.6 Å². The summed E-state index contributed by atoms with van der Waals surface area (Å²) in [6.45, 7) is -0.490. The number of rotatable bonds is 12. The fourth-order valence-electron chi connectivity index (χ4n) is 2.24. The molecule has 14 heteroatoms. The highest BCUT2D eigenvalue weighted by Crippen LogP contribution is 2.02. The Hall–Kier alpha value is -3.07. The summed E-state index contributed by atoms with van der Waals surface area (Å²) >= 11 is 0. The summed E-state index contributed by atoms with van der Waals surface area (Å²) in [7, 11) is 0. The summed E-state index contributed by atoms with van der Waals surface area (Å²) in [4.78, 5) is 54.4. The molecule has 1 rings (SSSR count). The second-order valence-corrected chi connectivity index (χ2v) is 6.43. The van der Waals surface area contributed by atoms with E-state index in [-0.39, 0.29) is 6.42 Å². The molecule has 0 bridgehead atoms. The predicted molar refractivity (Wildman–Crippen MR) is 99.5 cm³/mol. The molecule has 168 valence electrons. The maximum absolute atomic E-state index is 12.6. The molecule has 30 heavy (non-hydrogen) atoms. The lowest BCUT2D eigenvalue weighted by Crippen LogP contribution is -2.59. The van der Waals surface area contributed by atoms with E-state index in [4.69, 9.17) is 15.9 Å². The third-order valence-electron chi connectivity index (χ3n) is 4.05. The minimum absolute atomic E-state index is 0.0851. The van der Waals surface area contributed by atoms with Crippen molar-refractivity contribution in [2.24, 2.45) is 5.73 Å². The Kier molecular flexibility index (Phi) is 9.83. The highest BCUT2D eigenvalue weighted by atomic mass is 16.4. The van der Waals surface area contributed by atoms with Gasteiger partial charge in [-0.25, -0.2) is 9.78 Å². The van der Waals surface area contributed by atoms with Crippen molar-refractivity contribution in [3.63, 3.8) is 0 Å². The number of nitrogens with zero attached hydrogens (tertiary/aromatic N) is 1. The van der Waals surface area contributed by atoms with E-state index < -0.39 is 67.2 Å². The number of aliphatic hydroxyl groups excluding tert-OH is 3. The number of aliphatic carboxylic acids is 1. The number of carboxylic acids is 1. The van der Waals surface area contributed by atoms with Crippen molar-refractivity contribution in [3.8, 4) is 0 Å². The Balaban J connectivity index is 2.91. The summed E-state index contributed by atoms with van der Waals surface area (Å²) in [6.07, 6.45) is 1.47. The summed E-state index contributed by atoms with van der Waals surface area (Å²) < 4.78 is 0. The van der Waals surface area contributed by atoms with E-state index in [0.717, 1.165) is 0 Å². The van der Waals surface area contributed by atoms with E-state index >= 15 is 0 Å². The number of aromatic nitrogens is 2. The maximum atomic E-state index is 12.6. The zero-order chi connectivity index (χ0) is 22.8. The second kappa shape index (κ2) is 11.8. The number of imidazole rings is 1. The zero-order valence-electron chi connectivity index (χ0n) is 16.1. The van der Waals surface area contributed by atoms with Gasteiger partial charge in [0, 0.05) is 18.3 Å². The van der Waals surface area contributed by atoms with Gasteiger partial charge in [-0.2, -0.15) is 0 Å². The van der Waals surface area contributed by atoms with Gasteiger partial charge >= 0.3 is 5.97 Å². The fraction of sp³-hybridized carbons (Fsp3) is 0.562. The van der Waals surface area contributed by atoms with Crippen LogP contribution in [0.1, 0.15) is 12.6 Å².